The van der Waals surface area contributed by atoms with Crippen LogP contribution in [0, 0.1) is 0 Å². The van der Waals surface area contributed by atoms with Crippen LogP contribution in [0.2, 0.25) is 0 Å². The van der Waals surface area contributed by atoms with Crippen LogP contribution in [0.5, 0.6) is 11.5 Å². The van der Waals surface area contributed by atoms with Gasteiger partial charge in [-0.1, -0.05) is 60.8 Å². The Kier molecular flexibility index (Phi) is 5.93. The molecule has 0 radical (unpaired) electrons. The molecule has 0 unspecified atom stereocenters. The molecule has 1 aromatic rings. The molecule has 2 nitrogen and oxygen atoms in total. The highest BCUT2D eigenvalue weighted by Gasteiger charge is 2.27. The first-order valence-electron chi connectivity index (χ1n) is 8.23. The Morgan fingerprint density at radius 3 is 1.83 bits per heavy atom. The summed E-state index contributed by atoms with van der Waals surface area (Å²) < 4.78 is 6.14. The minimum atomic E-state index is -1.11. The molecule has 0 atom stereocenters. The van der Waals surface area contributed by atoms with Crippen molar-refractivity contribution in [3.63, 3.8) is 0 Å². The lowest BCUT2D eigenvalue weighted by atomic mass is 9.79. The molecule has 0 fully saturated rings. The average molecular weight is 351 g/mol. The minimum Gasteiger partial charge on any atom is -0.507 e. The zero-order chi connectivity index (χ0) is 18.9. The smallest absolute Gasteiger partial charge is 0.123 e. The first-order chi connectivity index (χ1) is 10.7. The summed E-state index contributed by atoms with van der Waals surface area (Å²) in [5, 5.41) is 10.8. The molecular formula is C21H34O2S. The van der Waals surface area contributed by atoms with Gasteiger partial charge in [-0.2, -0.15) is 10.0 Å². The van der Waals surface area contributed by atoms with E-state index in [4.69, 9.17) is 4.74 Å². The molecule has 136 valence electrons. The van der Waals surface area contributed by atoms with Gasteiger partial charge < -0.3 is 9.84 Å². The molecule has 1 rings (SSSR count). The van der Waals surface area contributed by atoms with E-state index >= 15 is 0 Å². The SMILES string of the molecule is C=CC(=C)S(C)(C)COc1cc(C(C)(C)C)c(O)c(C(C)(C)C)c1. The van der Waals surface area contributed by atoms with Crippen LogP contribution in [0.4, 0.5) is 0 Å². The van der Waals surface area contributed by atoms with Gasteiger partial charge in [0.05, 0.1) is 0 Å². The van der Waals surface area contributed by atoms with Crippen molar-refractivity contribution in [3.8, 4) is 11.5 Å². The number of phenols is 1. The van der Waals surface area contributed by atoms with Crippen molar-refractivity contribution in [1.29, 1.82) is 0 Å². The normalized spacial score (nSPS) is 13.5. The Hall–Kier alpha value is -1.35. The van der Waals surface area contributed by atoms with Gasteiger partial charge in [0.2, 0.25) is 0 Å². The molecule has 1 aromatic carbocycles. The first-order valence-corrected chi connectivity index (χ1v) is 10.8. The number of benzene rings is 1. The number of rotatable bonds is 5. The fourth-order valence-corrected chi connectivity index (χ4v) is 3.38. The van der Waals surface area contributed by atoms with Crippen molar-refractivity contribution in [2.75, 3.05) is 18.5 Å². The van der Waals surface area contributed by atoms with E-state index in [0.29, 0.717) is 11.7 Å². The van der Waals surface area contributed by atoms with E-state index in [0.717, 1.165) is 21.8 Å². The summed E-state index contributed by atoms with van der Waals surface area (Å²) in [6, 6.07) is 3.94. The minimum absolute atomic E-state index is 0.156. The molecule has 0 aliphatic rings. The van der Waals surface area contributed by atoms with Crippen LogP contribution in [0.15, 0.2) is 36.3 Å². The molecule has 1 N–H and O–H groups in total. The number of hydrogen-bond acceptors (Lipinski definition) is 2. The fourth-order valence-electron chi connectivity index (χ4n) is 2.35. The van der Waals surface area contributed by atoms with Gasteiger partial charge in [0, 0.05) is 11.1 Å². The van der Waals surface area contributed by atoms with Crippen molar-refractivity contribution in [3.05, 3.63) is 47.4 Å². The summed E-state index contributed by atoms with van der Waals surface area (Å²) in [6.45, 7) is 20.5. The highest BCUT2D eigenvalue weighted by atomic mass is 32.3. The first kappa shape index (κ1) is 20.7. The van der Waals surface area contributed by atoms with E-state index in [-0.39, 0.29) is 10.8 Å². The lowest BCUT2D eigenvalue weighted by Crippen LogP contribution is -2.18. The Morgan fingerprint density at radius 2 is 1.50 bits per heavy atom. The Bertz CT molecular complexity index is 593. The van der Waals surface area contributed by atoms with Crippen molar-refractivity contribution in [1.82, 2.24) is 0 Å². The van der Waals surface area contributed by atoms with Crippen LogP contribution in [-0.4, -0.2) is 23.6 Å². The number of phenolic OH excluding ortho intramolecular Hbond substituents is 1. The monoisotopic (exact) mass is 350 g/mol. The lowest BCUT2D eigenvalue weighted by Gasteiger charge is -2.33. The van der Waals surface area contributed by atoms with Crippen molar-refractivity contribution < 1.29 is 9.84 Å². The zero-order valence-corrected chi connectivity index (χ0v) is 17.4. The highest BCUT2D eigenvalue weighted by molar-refractivity contribution is 8.35. The van der Waals surface area contributed by atoms with Gasteiger partial charge in [-0.15, -0.1) is 0 Å². The number of ether oxygens (including phenoxy) is 1. The highest BCUT2D eigenvalue weighted by Crippen LogP contribution is 2.49. The predicted molar refractivity (Wildman–Crippen MR) is 110 cm³/mol. The Morgan fingerprint density at radius 1 is 1.08 bits per heavy atom. The van der Waals surface area contributed by atoms with Crippen molar-refractivity contribution >= 4 is 10.0 Å². The van der Waals surface area contributed by atoms with E-state index in [9.17, 15) is 5.11 Å². The third kappa shape index (κ3) is 4.83. The fraction of sp³-hybridized carbons (Fsp3) is 0.524. The van der Waals surface area contributed by atoms with Crippen LogP contribution in [0.1, 0.15) is 52.7 Å². The predicted octanol–water partition coefficient (Wildman–Crippen LogP) is 6.09. The van der Waals surface area contributed by atoms with E-state index < -0.39 is 10.0 Å². The van der Waals surface area contributed by atoms with E-state index in [1.807, 2.05) is 18.2 Å². The van der Waals surface area contributed by atoms with Crippen LogP contribution >= 0.6 is 10.0 Å². The molecule has 0 aliphatic heterocycles. The second-order valence-electron chi connectivity index (χ2n) is 8.84. The Balaban J connectivity index is 3.30. The maximum atomic E-state index is 10.8. The number of aromatic hydroxyl groups is 1. The molecule has 0 spiro atoms. The largest absolute Gasteiger partial charge is 0.507 e. The van der Waals surface area contributed by atoms with E-state index in [2.05, 4.69) is 67.2 Å². The van der Waals surface area contributed by atoms with Gasteiger partial charge in [-0.3, -0.25) is 0 Å². The molecule has 0 saturated heterocycles. The van der Waals surface area contributed by atoms with Crippen LogP contribution in [0.3, 0.4) is 0 Å². The van der Waals surface area contributed by atoms with Gasteiger partial charge in [-0.05, 0) is 40.4 Å². The third-order valence-corrected chi connectivity index (χ3v) is 6.45. The third-order valence-electron chi connectivity index (χ3n) is 4.16. The topological polar surface area (TPSA) is 29.5 Å². The van der Waals surface area contributed by atoms with Gasteiger partial charge in [-0.25, -0.2) is 0 Å². The van der Waals surface area contributed by atoms with Crippen LogP contribution in [-0.2, 0) is 10.8 Å². The molecular weight excluding hydrogens is 316 g/mol. The van der Waals surface area contributed by atoms with E-state index in [1.165, 1.54) is 0 Å². The van der Waals surface area contributed by atoms with Gasteiger partial charge in [0.1, 0.15) is 17.4 Å². The molecule has 3 heteroatoms. The number of hydrogen-bond donors (Lipinski definition) is 1. The standard InChI is InChI=1S/C21H34O2S/c1-11-15(2)24(9,10)14-23-16-12-17(20(3,4)5)19(22)18(13-16)21(6,7)8/h11-13,22H,1-2,14H2,3-10H3. The van der Waals surface area contributed by atoms with Gasteiger partial charge >= 0.3 is 0 Å². The quantitative estimate of drug-likeness (QED) is 0.651. The van der Waals surface area contributed by atoms with Gasteiger partial charge in [0.15, 0.2) is 0 Å². The summed E-state index contributed by atoms with van der Waals surface area (Å²) in [7, 11) is -1.11. The summed E-state index contributed by atoms with van der Waals surface area (Å²) in [5.74, 6) is 1.78. The maximum Gasteiger partial charge on any atom is 0.123 e. The van der Waals surface area contributed by atoms with E-state index in [1.54, 1.807) is 0 Å². The Labute approximate surface area is 149 Å². The van der Waals surface area contributed by atoms with Crippen LogP contribution < -0.4 is 4.74 Å². The van der Waals surface area contributed by atoms with Crippen molar-refractivity contribution in [2.24, 2.45) is 0 Å². The lowest BCUT2D eigenvalue weighted by molar-refractivity contribution is 0.378. The second-order valence-corrected chi connectivity index (χ2v) is 12.7. The average Bonchev–Trinajstić information content (AvgIpc) is 2.42. The van der Waals surface area contributed by atoms with Gasteiger partial charge in [0.25, 0.3) is 0 Å². The van der Waals surface area contributed by atoms with Crippen LogP contribution in [0.25, 0.3) is 0 Å². The zero-order valence-electron chi connectivity index (χ0n) is 16.6. The summed E-state index contributed by atoms with van der Waals surface area (Å²) in [4.78, 5) is 1.04. The molecule has 24 heavy (non-hydrogen) atoms. The molecule has 0 aromatic heterocycles. The molecule has 0 bridgehead atoms. The summed E-state index contributed by atoms with van der Waals surface area (Å²) in [5.41, 5.74) is 1.52. The summed E-state index contributed by atoms with van der Waals surface area (Å²) in [6.07, 6.45) is 6.16. The number of allylic oxidation sites excluding steroid dienone is 1. The summed E-state index contributed by atoms with van der Waals surface area (Å²) >= 11 is 0. The molecule has 0 saturated carbocycles. The molecule has 0 amide bonds. The molecule has 0 heterocycles. The molecule has 0 aliphatic carbocycles. The van der Waals surface area contributed by atoms with Crippen molar-refractivity contribution in [2.45, 2.75) is 52.4 Å². The second kappa shape index (κ2) is 6.87. The maximum absolute atomic E-state index is 10.8.